The Morgan fingerprint density at radius 3 is 2.54 bits per heavy atom. The van der Waals surface area contributed by atoms with Gasteiger partial charge in [0.15, 0.2) is 5.82 Å². The third-order valence-corrected chi connectivity index (χ3v) is 6.38. The summed E-state index contributed by atoms with van der Waals surface area (Å²) in [4.78, 5) is 29.6. The Labute approximate surface area is 204 Å². The summed E-state index contributed by atoms with van der Waals surface area (Å²) in [6.45, 7) is 1.45. The zero-order chi connectivity index (χ0) is 24.0. The van der Waals surface area contributed by atoms with Gasteiger partial charge in [0, 0.05) is 61.7 Å². The highest BCUT2D eigenvalue weighted by atomic mass is 16.2. The van der Waals surface area contributed by atoms with E-state index in [-0.39, 0.29) is 5.91 Å². The topological polar surface area (TPSA) is 88.0 Å². The zero-order valence-corrected chi connectivity index (χ0v) is 19.7. The van der Waals surface area contributed by atoms with Crippen molar-refractivity contribution in [1.82, 2.24) is 30.0 Å². The maximum Gasteiger partial charge on any atom is 0.255 e. The summed E-state index contributed by atoms with van der Waals surface area (Å²) >= 11 is 0. The number of para-hydroxylation sites is 1. The molecular weight excluding hydrogens is 438 g/mol. The molecule has 0 aliphatic carbocycles. The van der Waals surface area contributed by atoms with Crippen molar-refractivity contribution in [3.63, 3.8) is 0 Å². The third-order valence-electron chi connectivity index (χ3n) is 6.38. The molecule has 5 rings (SSSR count). The lowest BCUT2D eigenvalue weighted by atomic mass is 9.93. The van der Waals surface area contributed by atoms with Gasteiger partial charge >= 0.3 is 0 Å². The van der Waals surface area contributed by atoms with E-state index in [9.17, 15) is 4.79 Å². The minimum absolute atomic E-state index is 0.00631. The number of aromatic nitrogens is 5. The van der Waals surface area contributed by atoms with Crippen molar-refractivity contribution in [1.29, 1.82) is 0 Å². The molecule has 4 aromatic rings. The van der Waals surface area contributed by atoms with Crippen molar-refractivity contribution in [2.75, 3.05) is 25.0 Å². The van der Waals surface area contributed by atoms with E-state index in [2.05, 4.69) is 25.1 Å². The molecule has 8 heteroatoms. The first-order valence-corrected chi connectivity index (χ1v) is 11.8. The first-order valence-electron chi connectivity index (χ1n) is 11.8. The van der Waals surface area contributed by atoms with Crippen molar-refractivity contribution in [2.45, 2.75) is 19.3 Å². The van der Waals surface area contributed by atoms with E-state index in [0.29, 0.717) is 18.0 Å². The van der Waals surface area contributed by atoms with Gasteiger partial charge in [0.2, 0.25) is 0 Å². The van der Waals surface area contributed by atoms with Gasteiger partial charge in [-0.15, -0.1) is 5.10 Å². The van der Waals surface area contributed by atoms with Gasteiger partial charge in [0.1, 0.15) is 6.33 Å². The van der Waals surface area contributed by atoms with Crippen LogP contribution in [0.5, 0.6) is 0 Å². The summed E-state index contributed by atoms with van der Waals surface area (Å²) in [5, 5.41) is 8.91. The fourth-order valence-electron chi connectivity index (χ4n) is 4.48. The highest BCUT2D eigenvalue weighted by Crippen LogP contribution is 2.25. The van der Waals surface area contributed by atoms with Crippen molar-refractivity contribution in [2.24, 2.45) is 5.92 Å². The molecule has 0 N–H and O–H groups in total. The number of likely N-dealkylation sites (tertiary alicyclic amines) is 1. The summed E-state index contributed by atoms with van der Waals surface area (Å²) in [6, 6.07) is 16.0. The lowest BCUT2D eigenvalue weighted by Gasteiger charge is -2.32. The molecule has 0 radical (unpaired) electrons. The van der Waals surface area contributed by atoms with Crippen molar-refractivity contribution in [3.8, 4) is 11.1 Å². The van der Waals surface area contributed by atoms with Crippen LogP contribution in [0.3, 0.4) is 0 Å². The van der Waals surface area contributed by atoms with Crippen LogP contribution in [0.4, 0.5) is 11.5 Å². The second-order valence-corrected chi connectivity index (χ2v) is 8.83. The fourth-order valence-corrected chi connectivity index (χ4v) is 4.48. The Bertz CT molecular complexity index is 1270. The Kier molecular flexibility index (Phi) is 6.70. The van der Waals surface area contributed by atoms with Gasteiger partial charge in [0.05, 0.1) is 11.3 Å². The van der Waals surface area contributed by atoms with E-state index >= 15 is 0 Å². The van der Waals surface area contributed by atoms with Gasteiger partial charge in [-0.2, -0.15) is 5.10 Å². The van der Waals surface area contributed by atoms with Crippen LogP contribution in [0.2, 0.25) is 0 Å². The Morgan fingerprint density at radius 2 is 1.77 bits per heavy atom. The summed E-state index contributed by atoms with van der Waals surface area (Å²) in [5.41, 5.74) is 4.27. The van der Waals surface area contributed by atoms with Gasteiger partial charge in [-0.1, -0.05) is 18.2 Å². The number of nitrogens with zero attached hydrogens (tertiary/aromatic N) is 7. The number of pyridine rings is 1. The lowest BCUT2D eigenvalue weighted by Crippen LogP contribution is -2.40. The van der Waals surface area contributed by atoms with Crippen LogP contribution in [0.25, 0.3) is 11.1 Å². The first kappa shape index (κ1) is 22.6. The third kappa shape index (κ3) is 5.32. The van der Waals surface area contributed by atoms with Gasteiger partial charge in [-0.3, -0.25) is 9.78 Å². The fraction of sp³-hybridized carbons (Fsp3) is 0.259. The SMILES string of the molecule is CN(c1ccccc1)c1ccc(CC2CCCN(C(=O)c3cncc(-c4cncnc4)c3)C2)nn1. The van der Waals surface area contributed by atoms with Crippen LogP contribution in [-0.4, -0.2) is 56.1 Å². The molecule has 1 atom stereocenters. The molecule has 0 bridgehead atoms. The average Bonchev–Trinajstić information content (AvgIpc) is 2.94. The number of amides is 1. The maximum absolute atomic E-state index is 13.3. The number of carbonyl (C=O) groups excluding carboxylic acids is 1. The predicted molar refractivity (Wildman–Crippen MR) is 134 cm³/mol. The molecule has 1 aliphatic heterocycles. The number of carbonyl (C=O) groups is 1. The van der Waals surface area contributed by atoms with E-state index < -0.39 is 0 Å². The molecule has 176 valence electrons. The second kappa shape index (κ2) is 10.4. The molecule has 4 heterocycles. The minimum atomic E-state index is 0.00631. The maximum atomic E-state index is 13.3. The van der Waals surface area contributed by atoms with Crippen LogP contribution in [0.1, 0.15) is 28.9 Å². The van der Waals surface area contributed by atoms with E-state index in [1.807, 2.05) is 65.4 Å². The number of rotatable bonds is 6. The standard InChI is InChI=1S/C27H27N7O/c1-33(25-7-3-2-4-8-25)26-10-9-24(31-32-26)12-20-6-5-11-34(18-20)27(35)22-13-21(14-28-15-22)23-16-29-19-30-17-23/h2-4,7-10,13-17,19-20H,5-6,11-12,18H2,1H3. The number of hydrogen-bond donors (Lipinski definition) is 0. The number of hydrogen-bond acceptors (Lipinski definition) is 7. The number of benzene rings is 1. The Morgan fingerprint density at radius 1 is 0.971 bits per heavy atom. The quantitative estimate of drug-likeness (QED) is 0.422. The van der Waals surface area contributed by atoms with E-state index in [0.717, 1.165) is 54.1 Å². The molecule has 8 nitrogen and oxygen atoms in total. The van der Waals surface area contributed by atoms with Crippen LogP contribution in [0, 0.1) is 5.92 Å². The molecule has 1 saturated heterocycles. The number of piperidine rings is 1. The molecule has 3 aromatic heterocycles. The van der Waals surface area contributed by atoms with Gasteiger partial charge < -0.3 is 9.80 Å². The summed E-state index contributed by atoms with van der Waals surface area (Å²) in [5.74, 6) is 1.15. The molecule has 1 amide bonds. The van der Waals surface area contributed by atoms with Crippen LogP contribution in [0.15, 0.2) is 79.6 Å². The molecule has 1 unspecified atom stereocenters. The lowest BCUT2D eigenvalue weighted by molar-refractivity contribution is 0.0672. The van der Waals surface area contributed by atoms with Crippen molar-refractivity contribution in [3.05, 3.63) is 90.9 Å². The molecular formula is C27H27N7O. The molecule has 1 aliphatic rings. The summed E-state index contributed by atoms with van der Waals surface area (Å²) in [6.07, 6.45) is 11.1. The smallest absolute Gasteiger partial charge is 0.255 e. The van der Waals surface area contributed by atoms with Gasteiger partial charge in [-0.25, -0.2) is 9.97 Å². The highest BCUT2D eigenvalue weighted by molar-refractivity contribution is 5.95. The Hall–Kier alpha value is -4.20. The molecule has 1 aromatic carbocycles. The molecule has 0 spiro atoms. The summed E-state index contributed by atoms with van der Waals surface area (Å²) in [7, 11) is 1.98. The van der Waals surface area contributed by atoms with Gasteiger partial charge in [-0.05, 0) is 55.5 Å². The van der Waals surface area contributed by atoms with Crippen molar-refractivity contribution >= 4 is 17.4 Å². The van der Waals surface area contributed by atoms with Crippen LogP contribution < -0.4 is 4.90 Å². The van der Waals surface area contributed by atoms with Crippen LogP contribution >= 0.6 is 0 Å². The largest absolute Gasteiger partial charge is 0.338 e. The molecule has 1 fully saturated rings. The van der Waals surface area contributed by atoms with E-state index in [4.69, 9.17) is 0 Å². The monoisotopic (exact) mass is 465 g/mol. The van der Waals surface area contributed by atoms with Crippen LogP contribution in [-0.2, 0) is 6.42 Å². The first-order chi connectivity index (χ1) is 17.2. The number of anilines is 2. The second-order valence-electron chi connectivity index (χ2n) is 8.83. The summed E-state index contributed by atoms with van der Waals surface area (Å²) < 4.78 is 0. The zero-order valence-electron chi connectivity index (χ0n) is 19.7. The van der Waals surface area contributed by atoms with E-state index in [1.54, 1.807) is 24.8 Å². The Balaban J connectivity index is 1.23. The van der Waals surface area contributed by atoms with Crippen molar-refractivity contribution < 1.29 is 4.79 Å². The minimum Gasteiger partial charge on any atom is -0.338 e. The molecule has 35 heavy (non-hydrogen) atoms. The molecule has 0 saturated carbocycles. The normalized spacial score (nSPS) is 15.6. The predicted octanol–water partition coefficient (Wildman–Crippen LogP) is 4.19. The van der Waals surface area contributed by atoms with Gasteiger partial charge in [0.25, 0.3) is 5.91 Å². The van der Waals surface area contributed by atoms with E-state index in [1.165, 1.54) is 6.33 Å². The highest BCUT2D eigenvalue weighted by Gasteiger charge is 2.25. The average molecular weight is 466 g/mol.